The van der Waals surface area contributed by atoms with Gasteiger partial charge in [0.1, 0.15) is 0 Å². The minimum absolute atomic E-state index is 0.106. The topological polar surface area (TPSA) is 15.3 Å². The van der Waals surface area contributed by atoms with Gasteiger partial charge in [0.25, 0.3) is 0 Å². The average Bonchev–Trinajstić information content (AvgIpc) is 2.35. The van der Waals surface area contributed by atoms with Crippen molar-refractivity contribution in [3.8, 4) is 0 Å². The van der Waals surface area contributed by atoms with E-state index in [1.165, 1.54) is 6.07 Å². The fourth-order valence-electron chi connectivity index (χ4n) is 2.88. The first-order chi connectivity index (χ1) is 8.91. The second kappa shape index (κ2) is 5.55. The van der Waals surface area contributed by atoms with Crippen LogP contribution >= 0.6 is 0 Å². The minimum atomic E-state index is -0.762. The summed E-state index contributed by atoms with van der Waals surface area (Å²) in [5, 5.41) is 3.29. The highest BCUT2D eigenvalue weighted by atomic mass is 19.2. The van der Waals surface area contributed by atoms with Crippen molar-refractivity contribution >= 4 is 0 Å². The van der Waals surface area contributed by atoms with Crippen LogP contribution < -0.4 is 5.32 Å². The molecule has 19 heavy (non-hydrogen) atoms. The van der Waals surface area contributed by atoms with Crippen LogP contribution in [-0.4, -0.2) is 31.1 Å². The molecule has 1 aromatic rings. The Morgan fingerprint density at radius 3 is 2.37 bits per heavy atom. The third kappa shape index (κ3) is 3.12. The number of hydrogen-bond acceptors (Lipinski definition) is 2. The van der Waals surface area contributed by atoms with E-state index in [0.29, 0.717) is 5.56 Å². The molecule has 1 fully saturated rings. The van der Waals surface area contributed by atoms with Crippen molar-refractivity contribution in [3.63, 3.8) is 0 Å². The Bertz CT molecular complexity index is 434. The highest BCUT2D eigenvalue weighted by Gasteiger charge is 2.34. The van der Waals surface area contributed by atoms with Gasteiger partial charge in [0.15, 0.2) is 11.6 Å². The maximum absolute atomic E-state index is 14.1. The zero-order valence-electron chi connectivity index (χ0n) is 11.8. The Morgan fingerprint density at radius 1 is 1.16 bits per heavy atom. The number of benzene rings is 1. The first kappa shape index (κ1) is 14.4. The van der Waals surface area contributed by atoms with Gasteiger partial charge >= 0.3 is 0 Å². The second-order valence-corrected chi connectivity index (χ2v) is 6.20. The molecule has 4 heteroatoms. The highest BCUT2D eigenvalue weighted by molar-refractivity contribution is 5.24. The van der Waals surface area contributed by atoms with Crippen molar-refractivity contribution in [2.45, 2.75) is 26.8 Å². The molecule has 1 aliphatic rings. The van der Waals surface area contributed by atoms with Crippen molar-refractivity contribution in [2.24, 2.45) is 5.41 Å². The molecule has 0 aliphatic carbocycles. The van der Waals surface area contributed by atoms with Crippen LogP contribution in [0.1, 0.15) is 32.4 Å². The molecule has 0 unspecified atom stereocenters. The molecule has 1 atom stereocenters. The van der Waals surface area contributed by atoms with Crippen LogP contribution in [-0.2, 0) is 0 Å². The number of hydrogen-bond donors (Lipinski definition) is 1. The molecule has 1 heterocycles. The summed E-state index contributed by atoms with van der Waals surface area (Å²) in [7, 11) is 0. The van der Waals surface area contributed by atoms with Gasteiger partial charge in [0.2, 0.25) is 0 Å². The van der Waals surface area contributed by atoms with E-state index in [1.54, 1.807) is 12.1 Å². The Kier molecular flexibility index (Phi) is 4.21. The summed E-state index contributed by atoms with van der Waals surface area (Å²) >= 11 is 0. The van der Waals surface area contributed by atoms with Crippen LogP contribution in [0.15, 0.2) is 18.2 Å². The van der Waals surface area contributed by atoms with Crippen molar-refractivity contribution in [1.82, 2.24) is 10.2 Å². The van der Waals surface area contributed by atoms with Gasteiger partial charge in [-0.2, -0.15) is 0 Å². The quantitative estimate of drug-likeness (QED) is 0.887. The molecule has 2 rings (SSSR count). The third-order valence-electron chi connectivity index (χ3n) is 3.61. The fourth-order valence-corrected chi connectivity index (χ4v) is 2.88. The van der Waals surface area contributed by atoms with Crippen LogP contribution in [0.25, 0.3) is 0 Å². The van der Waals surface area contributed by atoms with E-state index < -0.39 is 11.6 Å². The van der Waals surface area contributed by atoms with Crippen LogP contribution in [0, 0.1) is 17.0 Å². The van der Waals surface area contributed by atoms with Crippen LogP contribution in [0.4, 0.5) is 8.78 Å². The molecule has 1 aromatic carbocycles. The number of halogens is 2. The molecular formula is C15H22F2N2. The van der Waals surface area contributed by atoms with Crippen molar-refractivity contribution < 1.29 is 8.78 Å². The number of rotatable bonds is 2. The monoisotopic (exact) mass is 268 g/mol. The van der Waals surface area contributed by atoms with E-state index in [1.807, 2.05) is 0 Å². The Hall–Kier alpha value is -1.00. The van der Waals surface area contributed by atoms with Crippen molar-refractivity contribution in [1.29, 1.82) is 0 Å². The molecule has 0 amide bonds. The Morgan fingerprint density at radius 2 is 1.79 bits per heavy atom. The zero-order chi connectivity index (χ0) is 14.0. The standard InChI is InChI=1S/C15H22F2N2/c1-15(2,3)14(19-9-7-18-8-10-19)11-5-4-6-12(16)13(11)17/h4-6,14,18H,7-10H2,1-3H3/t14-/m1/s1. The van der Waals surface area contributed by atoms with Gasteiger partial charge in [-0.15, -0.1) is 0 Å². The van der Waals surface area contributed by atoms with Gasteiger partial charge in [-0.3, -0.25) is 4.90 Å². The van der Waals surface area contributed by atoms with E-state index in [2.05, 4.69) is 31.0 Å². The van der Waals surface area contributed by atoms with Gasteiger partial charge in [-0.05, 0) is 11.5 Å². The molecule has 1 saturated heterocycles. The van der Waals surface area contributed by atoms with Gasteiger partial charge in [0.05, 0.1) is 0 Å². The maximum Gasteiger partial charge on any atom is 0.163 e. The van der Waals surface area contributed by atoms with E-state index in [4.69, 9.17) is 0 Å². The molecule has 1 N–H and O–H groups in total. The summed E-state index contributed by atoms with van der Waals surface area (Å²) in [5.74, 6) is -1.47. The molecule has 0 radical (unpaired) electrons. The third-order valence-corrected chi connectivity index (χ3v) is 3.61. The summed E-state index contributed by atoms with van der Waals surface area (Å²) in [6.07, 6.45) is 0. The summed E-state index contributed by atoms with van der Waals surface area (Å²) in [5.41, 5.74) is 0.320. The lowest BCUT2D eigenvalue weighted by atomic mass is 9.80. The SMILES string of the molecule is CC(C)(C)[C@@H](c1cccc(F)c1F)N1CCNCC1. The summed E-state index contributed by atoms with van der Waals surface area (Å²) in [4.78, 5) is 2.24. The van der Waals surface area contributed by atoms with Crippen molar-refractivity contribution in [2.75, 3.05) is 26.2 Å². The maximum atomic E-state index is 14.1. The highest BCUT2D eigenvalue weighted by Crippen LogP contribution is 2.39. The predicted octanol–water partition coefficient (Wildman–Crippen LogP) is 2.96. The smallest absolute Gasteiger partial charge is 0.163 e. The first-order valence-electron chi connectivity index (χ1n) is 6.80. The largest absolute Gasteiger partial charge is 0.314 e. The molecule has 1 aliphatic heterocycles. The Labute approximate surface area is 113 Å². The summed E-state index contributed by atoms with van der Waals surface area (Å²) in [6.45, 7) is 9.72. The van der Waals surface area contributed by atoms with Gasteiger partial charge in [-0.25, -0.2) is 8.78 Å². The molecule has 2 nitrogen and oxygen atoms in total. The lowest BCUT2D eigenvalue weighted by Crippen LogP contribution is -2.48. The number of nitrogens with one attached hydrogen (secondary N) is 1. The zero-order valence-corrected chi connectivity index (χ0v) is 11.8. The molecule has 0 bridgehead atoms. The van der Waals surface area contributed by atoms with E-state index in [0.717, 1.165) is 26.2 Å². The second-order valence-electron chi connectivity index (χ2n) is 6.20. The minimum Gasteiger partial charge on any atom is -0.314 e. The van der Waals surface area contributed by atoms with E-state index in [9.17, 15) is 8.78 Å². The predicted molar refractivity (Wildman–Crippen MR) is 73.0 cm³/mol. The van der Waals surface area contributed by atoms with Gasteiger partial charge in [-0.1, -0.05) is 32.9 Å². The molecule has 0 spiro atoms. The average molecular weight is 268 g/mol. The van der Waals surface area contributed by atoms with Crippen LogP contribution in [0.3, 0.4) is 0 Å². The fraction of sp³-hybridized carbons (Fsp3) is 0.600. The lowest BCUT2D eigenvalue weighted by molar-refractivity contribution is 0.0829. The normalized spacial score (nSPS) is 19.4. The van der Waals surface area contributed by atoms with E-state index in [-0.39, 0.29) is 11.5 Å². The molecule has 106 valence electrons. The first-order valence-corrected chi connectivity index (χ1v) is 6.80. The van der Waals surface area contributed by atoms with Gasteiger partial charge < -0.3 is 5.32 Å². The van der Waals surface area contributed by atoms with Crippen molar-refractivity contribution in [3.05, 3.63) is 35.4 Å². The Balaban J connectivity index is 2.40. The number of piperazine rings is 1. The van der Waals surface area contributed by atoms with Gasteiger partial charge in [0, 0.05) is 37.8 Å². The lowest BCUT2D eigenvalue weighted by Gasteiger charge is -2.42. The molecular weight excluding hydrogens is 246 g/mol. The molecule has 0 saturated carbocycles. The molecule has 0 aromatic heterocycles. The summed E-state index contributed by atoms with van der Waals surface area (Å²) in [6, 6.07) is 4.37. The summed E-state index contributed by atoms with van der Waals surface area (Å²) < 4.78 is 27.6. The van der Waals surface area contributed by atoms with Crippen LogP contribution in [0.5, 0.6) is 0 Å². The van der Waals surface area contributed by atoms with E-state index >= 15 is 0 Å². The van der Waals surface area contributed by atoms with Crippen LogP contribution in [0.2, 0.25) is 0 Å². The number of nitrogens with zero attached hydrogens (tertiary/aromatic N) is 1.